The summed E-state index contributed by atoms with van der Waals surface area (Å²) in [6.45, 7) is 0. The Balaban J connectivity index is 2.09. The number of fused-ring (bicyclic) bond motifs is 1. The number of carbonyl (C=O) groups is 1. The molecule has 0 amide bonds. The lowest BCUT2D eigenvalue weighted by atomic mass is 10.0. The molecule has 0 bridgehead atoms. The van der Waals surface area contributed by atoms with Crippen LogP contribution in [0.5, 0.6) is 0 Å². The van der Waals surface area contributed by atoms with E-state index in [1.54, 1.807) is 0 Å². The van der Waals surface area contributed by atoms with Gasteiger partial charge in [-0.3, -0.25) is 4.79 Å². The van der Waals surface area contributed by atoms with Crippen molar-refractivity contribution in [3.8, 4) is 0 Å². The highest BCUT2D eigenvalue weighted by molar-refractivity contribution is 7.73. The first-order valence-corrected chi connectivity index (χ1v) is 6.69. The van der Waals surface area contributed by atoms with Crippen LogP contribution in [0, 0.1) is 3.95 Å². The van der Waals surface area contributed by atoms with Gasteiger partial charge in [-0.05, 0) is 30.4 Å². The molecule has 1 N–H and O–H groups in total. The number of nitrogens with one attached hydrogen (secondary N) is 1. The predicted molar refractivity (Wildman–Crippen MR) is 76.9 cm³/mol. The van der Waals surface area contributed by atoms with Gasteiger partial charge in [0.25, 0.3) is 0 Å². The second-order valence-electron chi connectivity index (χ2n) is 3.92. The molecule has 18 heavy (non-hydrogen) atoms. The molecule has 2 nitrogen and oxygen atoms in total. The van der Waals surface area contributed by atoms with Gasteiger partial charge in [0.2, 0.25) is 0 Å². The zero-order valence-corrected chi connectivity index (χ0v) is 11.0. The summed E-state index contributed by atoms with van der Waals surface area (Å²) in [7, 11) is 0. The van der Waals surface area contributed by atoms with Gasteiger partial charge in [-0.15, -0.1) is 11.3 Å². The standard InChI is InChI=1S/C14H9NOS2/c16-13(9-4-2-1-3-5-9)10-6-7-11-12(8-10)18-14(17)15-11/h1-8H,(H,15,17). The Morgan fingerprint density at radius 1 is 1.06 bits per heavy atom. The SMILES string of the molecule is O=C(c1ccccc1)c1ccc2[nH]c(=S)sc2c1. The summed E-state index contributed by atoms with van der Waals surface area (Å²) in [6, 6.07) is 14.9. The highest BCUT2D eigenvalue weighted by atomic mass is 32.1. The van der Waals surface area contributed by atoms with E-state index >= 15 is 0 Å². The minimum absolute atomic E-state index is 0.0387. The summed E-state index contributed by atoms with van der Waals surface area (Å²) in [5.74, 6) is 0.0387. The van der Waals surface area contributed by atoms with Gasteiger partial charge in [0, 0.05) is 11.1 Å². The van der Waals surface area contributed by atoms with E-state index in [-0.39, 0.29) is 5.78 Å². The molecule has 0 saturated heterocycles. The summed E-state index contributed by atoms with van der Waals surface area (Å²) in [5, 5.41) is 0. The van der Waals surface area contributed by atoms with Gasteiger partial charge in [0.1, 0.15) is 0 Å². The van der Waals surface area contributed by atoms with E-state index in [4.69, 9.17) is 12.2 Å². The second-order valence-corrected chi connectivity index (χ2v) is 5.64. The van der Waals surface area contributed by atoms with Gasteiger partial charge in [0.05, 0.1) is 10.2 Å². The number of H-pyrrole nitrogens is 1. The lowest BCUT2D eigenvalue weighted by Crippen LogP contribution is -2.00. The normalized spacial score (nSPS) is 10.7. The van der Waals surface area contributed by atoms with Gasteiger partial charge in [-0.25, -0.2) is 0 Å². The number of hydrogen-bond donors (Lipinski definition) is 1. The van der Waals surface area contributed by atoms with Crippen molar-refractivity contribution in [3.63, 3.8) is 0 Å². The number of benzene rings is 2. The van der Waals surface area contributed by atoms with Gasteiger partial charge >= 0.3 is 0 Å². The first-order valence-electron chi connectivity index (χ1n) is 5.47. The first-order chi connectivity index (χ1) is 8.74. The van der Waals surface area contributed by atoms with Crippen molar-refractivity contribution in [1.82, 2.24) is 4.98 Å². The fourth-order valence-corrected chi connectivity index (χ4v) is 3.00. The molecule has 0 atom stereocenters. The maximum absolute atomic E-state index is 12.3. The monoisotopic (exact) mass is 271 g/mol. The third-order valence-corrected chi connectivity index (χ3v) is 3.92. The number of rotatable bonds is 2. The average molecular weight is 271 g/mol. The largest absolute Gasteiger partial charge is 0.337 e. The highest BCUT2D eigenvalue weighted by Gasteiger charge is 2.09. The van der Waals surface area contributed by atoms with Crippen molar-refractivity contribution in [1.29, 1.82) is 0 Å². The average Bonchev–Trinajstić information content (AvgIpc) is 2.78. The molecule has 0 fully saturated rings. The zero-order chi connectivity index (χ0) is 12.5. The van der Waals surface area contributed by atoms with E-state index in [2.05, 4.69) is 4.98 Å². The molecule has 0 saturated carbocycles. The smallest absolute Gasteiger partial charge is 0.193 e. The molecule has 0 aliphatic rings. The number of aromatic amines is 1. The Hall–Kier alpha value is -1.78. The zero-order valence-electron chi connectivity index (χ0n) is 9.34. The Kier molecular flexibility index (Phi) is 2.81. The van der Waals surface area contributed by atoms with Gasteiger partial charge < -0.3 is 4.98 Å². The molecule has 0 radical (unpaired) electrons. The van der Waals surface area contributed by atoms with Crippen LogP contribution in [0.1, 0.15) is 15.9 Å². The molecular formula is C14H9NOS2. The third kappa shape index (κ3) is 2.00. The summed E-state index contributed by atoms with van der Waals surface area (Å²) in [6.07, 6.45) is 0. The lowest BCUT2D eigenvalue weighted by molar-refractivity contribution is 0.103. The minimum Gasteiger partial charge on any atom is -0.337 e. The molecular weight excluding hydrogens is 262 g/mol. The number of hydrogen-bond acceptors (Lipinski definition) is 3. The number of aromatic nitrogens is 1. The van der Waals surface area contributed by atoms with Crippen LogP contribution in [0.3, 0.4) is 0 Å². The summed E-state index contributed by atoms with van der Waals surface area (Å²) < 4.78 is 1.75. The Morgan fingerprint density at radius 2 is 1.83 bits per heavy atom. The number of thiazole rings is 1. The summed E-state index contributed by atoms with van der Waals surface area (Å²) in [5.41, 5.74) is 2.38. The topological polar surface area (TPSA) is 32.9 Å². The molecule has 4 heteroatoms. The molecule has 0 aliphatic heterocycles. The molecule has 88 valence electrons. The van der Waals surface area contributed by atoms with Crippen molar-refractivity contribution in [2.75, 3.05) is 0 Å². The number of carbonyl (C=O) groups excluding carboxylic acids is 1. The van der Waals surface area contributed by atoms with Crippen LogP contribution in [0.15, 0.2) is 48.5 Å². The predicted octanol–water partition coefficient (Wildman–Crippen LogP) is 4.19. The van der Waals surface area contributed by atoms with E-state index < -0.39 is 0 Å². The molecule has 3 rings (SSSR count). The Bertz CT molecular complexity index is 771. The van der Waals surface area contributed by atoms with Crippen molar-refractivity contribution in [2.45, 2.75) is 0 Å². The number of ketones is 1. The molecule has 1 heterocycles. The van der Waals surface area contributed by atoms with Crippen LogP contribution in [-0.4, -0.2) is 10.8 Å². The Labute approximate surface area is 113 Å². The fraction of sp³-hybridized carbons (Fsp3) is 0. The van der Waals surface area contributed by atoms with Crippen LogP contribution >= 0.6 is 23.6 Å². The molecule has 0 aliphatic carbocycles. The van der Waals surface area contributed by atoms with Crippen molar-refractivity contribution in [3.05, 3.63) is 63.6 Å². The maximum Gasteiger partial charge on any atom is 0.193 e. The summed E-state index contributed by atoms with van der Waals surface area (Å²) >= 11 is 6.58. The maximum atomic E-state index is 12.3. The van der Waals surface area contributed by atoms with Crippen LogP contribution < -0.4 is 0 Å². The highest BCUT2D eigenvalue weighted by Crippen LogP contribution is 2.22. The summed E-state index contributed by atoms with van der Waals surface area (Å²) in [4.78, 5) is 15.4. The first kappa shape index (κ1) is 11.3. The van der Waals surface area contributed by atoms with Crippen LogP contribution in [0.2, 0.25) is 0 Å². The van der Waals surface area contributed by atoms with E-state index in [0.717, 1.165) is 14.2 Å². The fourth-order valence-electron chi connectivity index (χ4n) is 1.84. The van der Waals surface area contributed by atoms with Crippen LogP contribution in [-0.2, 0) is 0 Å². The van der Waals surface area contributed by atoms with Gasteiger partial charge in [-0.2, -0.15) is 0 Å². The van der Waals surface area contributed by atoms with Gasteiger partial charge in [0.15, 0.2) is 9.74 Å². The van der Waals surface area contributed by atoms with Crippen LogP contribution in [0.25, 0.3) is 10.2 Å². The molecule has 2 aromatic carbocycles. The van der Waals surface area contributed by atoms with E-state index in [1.807, 2.05) is 48.5 Å². The van der Waals surface area contributed by atoms with E-state index in [0.29, 0.717) is 11.1 Å². The van der Waals surface area contributed by atoms with E-state index in [9.17, 15) is 4.79 Å². The molecule has 1 aromatic heterocycles. The molecule has 3 aromatic rings. The minimum atomic E-state index is 0.0387. The van der Waals surface area contributed by atoms with Crippen molar-refractivity contribution in [2.24, 2.45) is 0 Å². The van der Waals surface area contributed by atoms with Crippen LogP contribution in [0.4, 0.5) is 0 Å². The lowest BCUT2D eigenvalue weighted by Gasteiger charge is -2.00. The molecule has 0 unspecified atom stereocenters. The third-order valence-electron chi connectivity index (χ3n) is 2.72. The Morgan fingerprint density at radius 3 is 2.61 bits per heavy atom. The van der Waals surface area contributed by atoms with Crippen molar-refractivity contribution < 1.29 is 4.79 Å². The molecule has 0 spiro atoms. The van der Waals surface area contributed by atoms with Gasteiger partial charge in [-0.1, -0.05) is 30.3 Å². The van der Waals surface area contributed by atoms with E-state index in [1.165, 1.54) is 11.3 Å². The second kappa shape index (κ2) is 4.48. The quantitative estimate of drug-likeness (QED) is 0.560. The van der Waals surface area contributed by atoms with Crippen molar-refractivity contribution >= 4 is 39.6 Å².